The Labute approximate surface area is 221 Å². The maximum Gasteiger partial charge on any atom is 0.411 e. The van der Waals surface area contributed by atoms with Crippen molar-refractivity contribution < 1.29 is 19.1 Å². The molecule has 3 aliphatic rings. The lowest BCUT2D eigenvalue weighted by Crippen LogP contribution is -2.56. The second kappa shape index (κ2) is 11.4. The Morgan fingerprint density at radius 3 is 2.24 bits per heavy atom. The molecule has 1 spiro atoms. The van der Waals surface area contributed by atoms with Gasteiger partial charge in [0.15, 0.2) is 0 Å². The molecule has 3 aliphatic heterocycles. The van der Waals surface area contributed by atoms with E-state index in [0.717, 1.165) is 87.8 Å². The van der Waals surface area contributed by atoms with Crippen LogP contribution < -0.4 is 0 Å². The third kappa shape index (κ3) is 5.64. The highest BCUT2D eigenvalue weighted by Gasteiger charge is 2.55. The van der Waals surface area contributed by atoms with Crippen molar-refractivity contribution in [1.82, 2.24) is 19.6 Å². The van der Waals surface area contributed by atoms with Gasteiger partial charge in [-0.25, -0.2) is 4.79 Å². The van der Waals surface area contributed by atoms with Crippen LogP contribution in [0.5, 0.6) is 0 Å². The lowest BCUT2D eigenvalue weighted by atomic mass is 9.81. The first kappa shape index (κ1) is 27.4. The maximum atomic E-state index is 13.2. The van der Waals surface area contributed by atoms with Crippen LogP contribution in [0.2, 0.25) is 0 Å². The molecule has 0 N–H and O–H groups in total. The number of carbonyl (C=O) groups excluding carboxylic acids is 3. The third-order valence-corrected chi connectivity index (χ3v) is 8.75. The summed E-state index contributed by atoms with van der Waals surface area (Å²) in [6.45, 7) is 9.55. The zero-order valence-corrected chi connectivity index (χ0v) is 23.3. The Morgan fingerprint density at radius 2 is 1.68 bits per heavy atom. The minimum Gasteiger partial charge on any atom is -0.440 e. The molecule has 1 aromatic carbocycles. The molecule has 8 nitrogen and oxygen atoms in total. The van der Waals surface area contributed by atoms with E-state index in [2.05, 4.69) is 11.8 Å². The number of unbranched alkanes of at least 4 members (excludes halogenated alkanes) is 1. The summed E-state index contributed by atoms with van der Waals surface area (Å²) >= 11 is 0. The average molecular weight is 513 g/mol. The number of rotatable bonds is 7. The van der Waals surface area contributed by atoms with Gasteiger partial charge in [-0.3, -0.25) is 19.4 Å². The van der Waals surface area contributed by atoms with E-state index in [9.17, 15) is 14.4 Å². The highest BCUT2D eigenvalue weighted by molar-refractivity contribution is 5.97. The van der Waals surface area contributed by atoms with Gasteiger partial charge in [-0.2, -0.15) is 0 Å². The molecule has 3 amide bonds. The average Bonchev–Trinajstić information content (AvgIpc) is 3.12. The Bertz CT molecular complexity index is 973. The quantitative estimate of drug-likeness (QED) is 0.555. The highest BCUT2D eigenvalue weighted by Crippen LogP contribution is 2.41. The summed E-state index contributed by atoms with van der Waals surface area (Å²) in [5, 5.41) is 0. The Kier molecular flexibility index (Phi) is 8.46. The summed E-state index contributed by atoms with van der Waals surface area (Å²) in [5.41, 5.74) is 2.42. The third-order valence-electron chi connectivity index (χ3n) is 8.75. The first-order valence-electron chi connectivity index (χ1n) is 14.0. The maximum absolute atomic E-state index is 13.2. The first-order valence-corrected chi connectivity index (χ1v) is 14.0. The van der Waals surface area contributed by atoms with Crippen molar-refractivity contribution in [3.8, 4) is 0 Å². The SMILES string of the molecule is CCCCC1N(CC(=O)N(C)C)C(=O)OC12CCN(C1CCN(C(=O)c3c(C)cccc3C)CC1)CC2. The second-order valence-electron chi connectivity index (χ2n) is 11.3. The van der Waals surface area contributed by atoms with E-state index < -0.39 is 5.60 Å². The van der Waals surface area contributed by atoms with Gasteiger partial charge in [-0.15, -0.1) is 0 Å². The number of carbonyl (C=O) groups is 3. The predicted octanol–water partition coefficient (Wildman–Crippen LogP) is 3.84. The fourth-order valence-corrected chi connectivity index (χ4v) is 6.44. The van der Waals surface area contributed by atoms with E-state index in [0.29, 0.717) is 6.04 Å². The molecular weight excluding hydrogens is 468 g/mol. The van der Waals surface area contributed by atoms with Crippen molar-refractivity contribution in [2.75, 3.05) is 46.8 Å². The van der Waals surface area contributed by atoms with Crippen molar-refractivity contribution in [1.29, 1.82) is 0 Å². The van der Waals surface area contributed by atoms with Crippen molar-refractivity contribution in [3.05, 3.63) is 34.9 Å². The molecule has 204 valence electrons. The summed E-state index contributed by atoms with van der Waals surface area (Å²) in [6.07, 6.45) is 6.08. The summed E-state index contributed by atoms with van der Waals surface area (Å²) in [5.74, 6) is 0.0748. The zero-order valence-electron chi connectivity index (χ0n) is 23.3. The van der Waals surface area contributed by atoms with Crippen LogP contribution in [0.3, 0.4) is 0 Å². The number of aryl methyl sites for hydroxylation is 2. The number of likely N-dealkylation sites (tertiary alicyclic amines) is 2. The van der Waals surface area contributed by atoms with E-state index in [-0.39, 0.29) is 30.5 Å². The van der Waals surface area contributed by atoms with Crippen molar-refractivity contribution >= 4 is 17.9 Å². The largest absolute Gasteiger partial charge is 0.440 e. The molecular formula is C29H44N4O4. The lowest BCUT2D eigenvalue weighted by Gasteiger charge is -2.46. The van der Waals surface area contributed by atoms with Gasteiger partial charge in [0.2, 0.25) is 5.91 Å². The molecule has 3 saturated heterocycles. The van der Waals surface area contributed by atoms with Crippen LogP contribution in [-0.4, -0.2) is 102 Å². The first-order chi connectivity index (χ1) is 17.7. The molecule has 0 saturated carbocycles. The number of hydrogen-bond acceptors (Lipinski definition) is 5. The highest BCUT2D eigenvalue weighted by atomic mass is 16.6. The summed E-state index contributed by atoms with van der Waals surface area (Å²) in [4.78, 5) is 46.3. The van der Waals surface area contributed by atoms with Crippen molar-refractivity contribution in [3.63, 3.8) is 0 Å². The number of likely N-dealkylation sites (N-methyl/N-ethyl adjacent to an activating group) is 1. The van der Waals surface area contributed by atoms with Gasteiger partial charge in [-0.05, 0) is 44.2 Å². The van der Waals surface area contributed by atoms with Gasteiger partial charge in [0.05, 0.1) is 6.04 Å². The van der Waals surface area contributed by atoms with E-state index in [1.54, 1.807) is 19.0 Å². The number of hydrogen-bond donors (Lipinski definition) is 0. The van der Waals surface area contributed by atoms with E-state index in [4.69, 9.17) is 4.74 Å². The predicted molar refractivity (Wildman–Crippen MR) is 144 cm³/mol. The van der Waals surface area contributed by atoms with Crippen LogP contribution in [0.15, 0.2) is 18.2 Å². The second-order valence-corrected chi connectivity index (χ2v) is 11.3. The Balaban J connectivity index is 1.36. The smallest absolute Gasteiger partial charge is 0.411 e. The molecule has 4 rings (SSSR count). The van der Waals surface area contributed by atoms with E-state index >= 15 is 0 Å². The number of benzene rings is 1. The number of ether oxygens (including phenoxy) is 1. The Hall–Kier alpha value is -2.61. The van der Waals surface area contributed by atoms with Gasteiger partial charge in [0, 0.05) is 64.7 Å². The minimum atomic E-state index is -0.506. The fraction of sp³-hybridized carbons (Fsp3) is 0.690. The Morgan fingerprint density at radius 1 is 1.05 bits per heavy atom. The fourth-order valence-electron chi connectivity index (χ4n) is 6.44. The molecule has 0 aromatic heterocycles. The molecule has 0 radical (unpaired) electrons. The molecule has 0 aliphatic carbocycles. The van der Waals surface area contributed by atoms with Crippen LogP contribution in [0.4, 0.5) is 4.79 Å². The standard InChI is InChI=1S/C29H44N4O4/c1-6-7-11-24-29(37-28(36)33(24)20-25(34)30(4)5)14-18-31(19-15-29)23-12-16-32(17-13-23)27(35)26-21(2)9-8-10-22(26)3/h8-10,23-24H,6-7,11-20H2,1-5H3. The topological polar surface area (TPSA) is 73.4 Å². The normalized spacial score (nSPS) is 22.4. The minimum absolute atomic E-state index is 0.0529. The number of amides is 3. The molecule has 1 unspecified atom stereocenters. The molecule has 0 bridgehead atoms. The van der Waals surface area contributed by atoms with Crippen molar-refractivity contribution in [2.24, 2.45) is 0 Å². The van der Waals surface area contributed by atoms with E-state index in [1.165, 1.54) is 4.90 Å². The van der Waals surface area contributed by atoms with Crippen LogP contribution in [0.25, 0.3) is 0 Å². The van der Waals surface area contributed by atoms with Crippen LogP contribution in [-0.2, 0) is 9.53 Å². The number of piperidine rings is 2. The van der Waals surface area contributed by atoms with Gasteiger partial charge in [-0.1, -0.05) is 38.0 Å². The molecule has 3 fully saturated rings. The molecule has 1 aromatic rings. The molecule has 37 heavy (non-hydrogen) atoms. The van der Waals surface area contributed by atoms with Crippen LogP contribution in [0.1, 0.15) is 73.4 Å². The van der Waals surface area contributed by atoms with Gasteiger partial charge in [0.1, 0.15) is 12.1 Å². The summed E-state index contributed by atoms with van der Waals surface area (Å²) in [7, 11) is 3.44. The van der Waals surface area contributed by atoms with Gasteiger partial charge in [0.25, 0.3) is 5.91 Å². The number of nitrogens with zero attached hydrogens (tertiary/aromatic N) is 4. The van der Waals surface area contributed by atoms with Crippen LogP contribution in [0, 0.1) is 13.8 Å². The van der Waals surface area contributed by atoms with Gasteiger partial charge < -0.3 is 14.5 Å². The lowest BCUT2D eigenvalue weighted by molar-refractivity contribution is -0.129. The van der Waals surface area contributed by atoms with Gasteiger partial charge >= 0.3 is 6.09 Å². The monoisotopic (exact) mass is 512 g/mol. The van der Waals surface area contributed by atoms with Crippen molar-refractivity contribution in [2.45, 2.75) is 83.4 Å². The zero-order chi connectivity index (χ0) is 26.7. The van der Waals surface area contributed by atoms with Crippen LogP contribution >= 0.6 is 0 Å². The summed E-state index contributed by atoms with van der Waals surface area (Å²) in [6, 6.07) is 6.42. The molecule has 1 atom stereocenters. The summed E-state index contributed by atoms with van der Waals surface area (Å²) < 4.78 is 6.08. The molecule has 8 heteroatoms. The molecule has 3 heterocycles. The van der Waals surface area contributed by atoms with E-state index in [1.807, 2.05) is 36.9 Å².